The number of methoxy groups -OCH3 is 1. The second-order valence-corrected chi connectivity index (χ2v) is 5.57. The lowest BCUT2D eigenvalue weighted by Gasteiger charge is -2.22. The van der Waals surface area contributed by atoms with E-state index in [1.54, 1.807) is 18.1 Å². The summed E-state index contributed by atoms with van der Waals surface area (Å²) in [6.45, 7) is 1.42. The fourth-order valence-corrected chi connectivity index (χ4v) is 2.80. The second kappa shape index (κ2) is 7.26. The quantitative estimate of drug-likeness (QED) is 0.868. The zero-order chi connectivity index (χ0) is 16.9. The molecule has 0 N–H and O–H groups in total. The summed E-state index contributed by atoms with van der Waals surface area (Å²) >= 11 is 0. The molecule has 1 heterocycles. The third-order valence-corrected chi connectivity index (χ3v) is 4.00. The van der Waals surface area contributed by atoms with Crippen LogP contribution in [0.15, 0.2) is 42.5 Å². The third kappa shape index (κ3) is 3.30. The summed E-state index contributed by atoms with van der Waals surface area (Å²) in [7, 11) is 1.62. The molecule has 0 radical (unpaired) electrons. The van der Waals surface area contributed by atoms with Crippen LogP contribution in [0.3, 0.4) is 0 Å². The number of amides is 1. The van der Waals surface area contributed by atoms with Crippen molar-refractivity contribution in [2.75, 3.05) is 31.8 Å². The van der Waals surface area contributed by atoms with Crippen molar-refractivity contribution in [3.63, 3.8) is 0 Å². The predicted molar refractivity (Wildman–Crippen MR) is 90.5 cm³/mol. The highest BCUT2D eigenvalue weighted by Crippen LogP contribution is 2.30. The van der Waals surface area contributed by atoms with Crippen LogP contribution in [0, 0.1) is 11.3 Å². The van der Waals surface area contributed by atoms with E-state index in [9.17, 15) is 4.79 Å². The molecule has 5 nitrogen and oxygen atoms in total. The van der Waals surface area contributed by atoms with Crippen molar-refractivity contribution >= 4 is 11.6 Å². The van der Waals surface area contributed by atoms with Gasteiger partial charge in [-0.2, -0.15) is 5.26 Å². The molecule has 2 aromatic rings. The molecule has 0 spiro atoms. The number of nitriles is 1. The average Bonchev–Trinajstić information content (AvgIpc) is 2.77. The van der Waals surface area contributed by atoms with E-state index >= 15 is 0 Å². The number of carbonyl (C=O) groups excluding carboxylic acids is 1. The molecule has 1 aliphatic rings. The number of carbonyl (C=O) groups is 1. The number of hydrogen-bond acceptors (Lipinski definition) is 4. The molecule has 0 saturated carbocycles. The highest BCUT2D eigenvalue weighted by atomic mass is 16.5. The molecule has 0 saturated heterocycles. The van der Waals surface area contributed by atoms with E-state index in [4.69, 9.17) is 14.7 Å². The highest BCUT2D eigenvalue weighted by Gasteiger charge is 2.22. The Morgan fingerprint density at radius 3 is 2.83 bits per heavy atom. The number of hydrogen-bond donors (Lipinski definition) is 0. The number of anilines is 1. The standard InChI is InChI=1S/C19H18N2O3/c1-23-8-7-21-18-6-5-16(10-17(18)12-24-13-19(21)22)15-4-2-3-14(9-15)11-20/h2-6,9-10H,7-8,12-13H2,1H3. The van der Waals surface area contributed by atoms with Gasteiger partial charge < -0.3 is 14.4 Å². The van der Waals surface area contributed by atoms with E-state index < -0.39 is 0 Å². The Morgan fingerprint density at radius 1 is 1.21 bits per heavy atom. The van der Waals surface area contributed by atoms with Crippen LogP contribution >= 0.6 is 0 Å². The molecule has 0 atom stereocenters. The van der Waals surface area contributed by atoms with Gasteiger partial charge in [-0.15, -0.1) is 0 Å². The molecule has 5 heteroatoms. The largest absolute Gasteiger partial charge is 0.383 e. The Kier molecular flexibility index (Phi) is 4.90. The Balaban J connectivity index is 1.99. The van der Waals surface area contributed by atoms with E-state index in [2.05, 4.69) is 6.07 Å². The van der Waals surface area contributed by atoms with E-state index in [0.29, 0.717) is 25.3 Å². The molecule has 122 valence electrons. The number of nitrogens with zero attached hydrogens (tertiary/aromatic N) is 2. The average molecular weight is 322 g/mol. The van der Waals surface area contributed by atoms with Gasteiger partial charge >= 0.3 is 0 Å². The van der Waals surface area contributed by atoms with E-state index in [0.717, 1.165) is 22.4 Å². The first-order valence-electron chi connectivity index (χ1n) is 7.73. The van der Waals surface area contributed by atoms with Gasteiger partial charge in [-0.25, -0.2) is 0 Å². The van der Waals surface area contributed by atoms with Gasteiger partial charge in [-0.3, -0.25) is 4.79 Å². The van der Waals surface area contributed by atoms with Crippen LogP contribution in [0.2, 0.25) is 0 Å². The third-order valence-electron chi connectivity index (χ3n) is 4.00. The Bertz CT molecular complexity index is 795. The monoisotopic (exact) mass is 322 g/mol. The van der Waals surface area contributed by atoms with Crippen LogP contribution in [-0.4, -0.2) is 32.8 Å². The smallest absolute Gasteiger partial charge is 0.253 e. The maximum absolute atomic E-state index is 12.2. The molecule has 3 rings (SSSR count). The fraction of sp³-hybridized carbons (Fsp3) is 0.263. The second-order valence-electron chi connectivity index (χ2n) is 5.57. The van der Waals surface area contributed by atoms with Crippen molar-refractivity contribution in [3.05, 3.63) is 53.6 Å². The Hall–Kier alpha value is -2.68. The SMILES string of the molecule is COCCN1C(=O)COCc2cc(-c3cccc(C#N)c3)ccc21. The molecular weight excluding hydrogens is 304 g/mol. The maximum Gasteiger partial charge on any atom is 0.253 e. The summed E-state index contributed by atoms with van der Waals surface area (Å²) in [5, 5.41) is 9.06. The van der Waals surface area contributed by atoms with Gasteiger partial charge in [-0.1, -0.05) is 18.2 Å². The minimum absolute atomic E-state index is 0.0648. The van der Waals surface area contributed by atoms with Crippen LogP contribution in [0.4, 0.5) is 5.69 Å². The topological polar surface area (TPSA) is 62.6 Å². The summed E-state index contributed by atoms with van der Waals surface area (Å²) < 4.78 is 10.6. The molecule has 1 amide bonds. The zero-order valence-corrected chi connectivity index (χ0v) is 13.5. The van der Waals surface area contributed by atoms with Crippen molar-refractivity contribution in [1.82, 2.24) is 0 Å². The van der Waals surface area contributed by atoms with Crippen molar-refractivity contribution in [2.24, 2.45) is 0 Å². The first-order chi connectivity index (χ1) is 11.7. The van der Waals surface area contributed by atoms with Crippen molar-refractivity contribution in [3.8, 4) is 17.2 Å². The minimum Gasteiger partial charge on any atom is -0.383 e. The zero-order valence-electron chi connectivity index (χ0n) is 13.5. The molecule has 0 fully saturated rings. The van der Waals surface area contributed by atoms with Gasteiger partial charge in [0.05, 0.1) is 24.8 Å². The van der Waals surface area contributed by atoms with Gasteiger partial charge in [0, 0.05) is 24.9 Å². The van der Waals surface area contributed by atoms with E-state index in [1.807, 2.05) is 36.4 Å². The van der Waals surface area contributed by atoms with Crippen molar-refractivity contribution < 1.29 is 14.3 Å². The van der Waals surface area contributed by atoms with Crippen molar-refractivity contribution in [2.45, 2.75) is 6.61 Å². The number of fused-ring (bicyclic) bond motifs is 1. The number of benzene rings is 2. The predicted octanol–water partition coefficient (Wildman–Crippen LogP) is 2.73. The summed E-state index contributed by atoms with van der Waals surface area (Å²) in [6, 6.07) is 15.5. The van der Waals surface area contributed by atoms with Crippen molar-refractivity contribution in [1.29, 1.82) is 5.26 Å². The highest BCUT2D eigenvalue weighted by molar-refractivity contribution is 5.96. The Morgan fingerprint density at radius 2 is 2.04 bits per heavy atom. The molecule has 2 aromatic carbocycles. The first kappa shape index (κ1) is 16.2. The minimum atomic E-state index is -0.0648. The molecule has 0 unspecified atom stereocenters. The fourth-order valence-electron chi connectivity index (χ4n) is 2.80. The maximum atomic E-state index is 12.2. The van der Waals surface area contributed by atoms with Gasteiger partial charge in [0.2, 0.25) is 0 Å². The van der Waals surface area contributed by atoms with Crippen LogP contribution in [0.25, 0.3) is 11.1 Å². The summed E-state index contributed by atoms with van der Waals surface area (Å²) in [4.78, 5) is 13.9. The molecule has 24 heavy (non-hydrogen) atoms. The number of ether oxygens (including phenoxy) is 2. The van der Waals surface area contributed by atoms with Gasteiger partial charge in [-0.05, 0) is 35.4 Å². The van der Waals surface area contributed by atoms with Crippen LogP contribution in [0.5, 0.6) is 0 Å². The molecule has 1 aliphatic heterocycles. The lowest BCUT2D eigenvalue weighted by Crippen LogP contribution is -2.35. The van der Waals surface area contributed by atoms with Gasteiger partial charge in [0.1, 0.15) is 6.61 Å². The molecular formula is C19H18N2O3. The first-order valence-corrected chi connectivity index (χ1v) is 7.73. The molecule has 0 aromatic heterocycles. The van der Waals surface area contributed by atoms with Crippen LogP contribution in [0.1, 0.15) is 11.1 Å². The summed E-state index contributed by atoms with van der Waals surface area (Å²) in [5.41, 5.74) is 4.40. The normalized spacial score (nSPS) is 14.0. The molecule has 0 bridgehead atoms. The van der Waals surface area contributed by atoms with Gasteiger partial charge in [0.25, 0.3) is 5.91 Å². The van der Waals surface area contributed by atoms with E-state index in [-0.39, 0.29) is 12.5 Å². The lowest BCUT2D eigenvalue weighted by atomic mass is 10.00. The van der Waals surface area contributed by atoms with Gasteiger partial charge in [0.15, 0.2) is 0 Å². The Labute approximate surface area is 141 Å². The van der Waals surface area contributed by atoms with Crippen LogP contribution < -0.4 is 4.90 Å². The number of rotatable bonds is 4. The van der Waals surface area contributed by atoms with Crippen LogP contribution in [-0.2, 0) is 20.9 Å². The lowest BCUT2D eigenvalue weighted by molar-refractivity contribution is -0.123. The molecule has 0 aliphatic carbocycles. The summed E-state index contributed by atoms with van der Waals surface area (Å²) in [6.07, 6.45) is 0. The van der Waals surface area contributed by atoms with E-state index in [1.165, 1.54) is 0 Å². The summed E-state index contributed by atoms with van der Waals surface area (Å²) in [5.74, 6) is -0.0648.